The monoisotopic (exact) mass is 284 g/mol. The Morgan fingerprint density at radius 2 is 2.16 bits per heavy atom. The van der Waals surface area contributed by atoms with Crippen molar-refractivity contribution in [3.8, 4) is 0 Å². The Balaban J connectivity index is 1.87. The van der Waals surface area contributed by atoms with Gasteiger partial charge in [0.25, 0.3) is 0 Å². The minimum Gasteiger partial charge on any atom is -0.328 e. The SMILES string of the molecule is CN(C)CC1CN(S(=O)(=O)C2CC2)Cc2cncn21. The van der Waals surface area contributed by atoms with Crippen LogP contribution in [0.15, 0.2) is 12.5 Å². The number of hydrogen-bond acceptors (Lipinski definition) is 4. The molecule has 1 aromatic rings. The van der Waals surface area contributed by atoms with Gasteiger partial charge in [-0.25, -0.2) is 13.4 Å². The van der Waals surface area contributed by atoms with Crippen LogP contribution in [0.25, 0.3) is 0 Å². The second-order valence-electron chi connectivity index (χ2n) is 5.75. The van der Waals surface area contributed by atoms with Gasteiger partial charge >= 0.3 is 0 Å². The molecule has 2 heterocycles. The number of likely N-dealkylation sites (N-methyl/N-ethyl adjacent to an activating group) is 1. The van der Waals surface area contributed by atoms with Crippen molar-refractivity contribution in [3.05, 3.63) is 18.2 Å². The topological polar surface area (TPSA) is 58.4 Å². The quantitative estimate of drug-likeness (QED) is 0.797. The third-order valence-electron chi connectivity index (χ3n) is 3.77. The number of fused-ring (bicyclic) bond motifs is 1. The van der Waals surface area contributed by atoms with Gasteiger partial charge in [0.2, 0.25) is 10.0 Å². The van der Waals surface area contributed by atoms with Crippen LogP contribution in [-0.2, 0) is 16.6 Å². The van der Waals surface area contributed by atoms with Gasteiger partial charge in [-0.05, 0) is 26.9 Å². The third-order valence-corrected chi connectivity index (χ3v) is 6.09. The molecule has 106 valence electrons. The summed E-state index contributed by atoms with van der Waals surface area (Å²) in [6, 6.07) is 0.148. The standard InChI is InChI=1S/C12H20N4O2S/c1-14(2)6-11-8-15(19(17,18)12-3-4-12)7-10-5-13-9-16(10)11/h5,9,11-12H,3-4,6-8H2,1-2H3. The average molecular weight is 284 g/mol. The molecule has 6 nitrogen and oxygen atoms in total. The predicted molar refractivity (Wildman–Crippen MR) is 72.2 cm³/mol. The lowest BCUT2D eigenvalue weighted by Gasteiger charge is -2.35. The van der Waals surface area contributed by atoms with Gasteiger partial charge in [-0.2, -0.15) is 4.31 Å². The molecular formula is C12H20N4O2S. The van der Waals surface area contributed by atoms with Gasteiger partial charge in [0, 0.05) is 19.3 Å². The largest absolute Gasteiger partial charge is 0.328 e. The fourth-order valence-electron chi connectivity index (χ4n) is 2.69. The summed E-state index contributed by atoms with van der Waals surface area (Å²) in [5.41, 5.74) is 0.988. The normalized spacial score (nSPS) is 24.7. The molecule has 0 spiro atoms. The molecular weight excluding hydrogens is 264 g/mol. The average Bonchev–Trinajstić information content (AvgIpc) is 3.08. The van der Waals surface area contributed by atoms with Crippen molar-refractivity contribution in [1.82, 2.24) is 18.8 Å². The van der Waals surface area contributed by atoms with Gasteiger partial charge in [-0.3, -0.25) is 0 Å². The van der Waals surface area contributed by atoms with Gasteiger partial charge in [0.05, 0.1) is 29.9 Å². The number of imidazole rings is 1. The number of hydrogen-bond donors (Lipinski definition) is 0. The van der Waals surface area contributed by atoms with Crippen LogP contribution in [0, 0.1) is 0 Å². The molecule has 2 aliphatic rings. The molecule has 1 unspecified atom stereocenters. The molecule has 0 saturated heterocycles. The molecule has 3 rings (SSSR count). The van der Waals surface area contributed by atoms with Crippen LogP contribution in [0.5, 0.6) is 0 Å². The van der Waals surface area contributed by atoms with Crippen molar-refractivity contribution in [1.29, 1.82) is 0 Å². The number of aromatic nitrogens is 2. The van der Waals surface area contributed by atoms with Crippen LogP contribution >= 0.6 is 0 Å². The molecule has 1 aliphatic carbocycles. The molecule has 1 fully saturated rings. The lowest BCUT2D eigenvalue weighted by molar-refractivity contribution is 0.233. The summed E-state index contributed by atoms with van der Waals surface area (Å²) in [6.07, 6.45) is 5.22. The maximum atomic E-state index is 12.4. The summed E-state index contributed by atoms with van der Waals surface area (Å²) in [6.45, 7) is 1.84. The smallest absolute Gasteiger partial charge is 0.217 e. The first kappa shape index (κ1) is 13.1. The third kappa shape index (κ3) is 2.42. The maximum absolute atomic E-state index is 12.4. The highest BCUT2D eigenvalue weighted by atomic mass is 32.2. The molecule has 1 atom stereocenters. The van der Waals surface area contributed by atoms with Gasteiger partial charge < -0.3 is 9.47 Å². The molecule has 0 radical (unpaired) electrons. The fourth-order valence-corrected chi connectivity index (χ4v) is 4.53. The minimum absolute atomic E-state index is 0.137. The van der Waals surface area contributed by atoms with Gasteiger partial charge in [-0.15, -0.1) is 0 Å². The van der Waals surface area contributed by atoms with E-state index in [9.17, 15) is 8.42 Å². The molecule has 0 bridgehead atoms. The van der Waals surface area contributed by atoms with Crippen molar-refractivity contribution in [2.24, 2.45) is 0 Å². The number of nitrogens with zero attached hydrogens (tertiary/aromatic N) is 4. The van der Waals surface area contributed by atoms with E-state index in [1.54, 1.807) is 10.5 Å². The maximum Gasteiger partial charge on any atom is 0.217 e. The molecule has 1 aromatic heterocycles. The number of rotatable bonds is 4. The lowest BCUT2D eigenvalue weighted by atomic mass is 10.2. The molecule has 0 amide bonds. The Morgan fingerprint density at radius 1 is 1.42 bits per heavy atom. The van der Waals surface area contributed by atoms with E-state index in [1.807, 2.05) is 20.4 Å². The van der Waals surface area contributed by atoms with E-state index in [4.69, 9.17) is 0 Å². The summed E-state index contributed by atoms with van der Waals surface area (Å²) < 4.78 is 28.5. The van der Waals surface area contributed by atoms with Crippen LogP contribution in [0.3, 0.4) is 0 Å². The zero-order valence-corrected chi connectivity index (χ0v) is 12.2. The molecule has 0 aromatic carbocycles. The van der Waals surface area contributed by atoms with Gasteiger partial charge in [0.15, 0.2) is 0 Å². The van der Waals surface area contributed by atoms with Crippen LogP contribution in [0.4, 0.5) is 0 Å². The van der Waals surface area contributed by atoms with E-state index < -0.39 is 10.0 Å². The van der Waals surface area contributed by atoms with Crippen molar-refractivity contribution in [2.75, 3.05) is 27.2 Å². The van der Waals surface area contributed by atoms with E-state index in [-0.39, 0.29) is 11.3 Å². The number of sulfonamides is 1. The van der Waals surface area contributed by atoms with E-state index in [2.05, 4.69) is 14.5 Å². The first-order valence-electron chi connectivity index (χ1n) is 6.63. The van der Waals surface area contributed by atoms with Crippen molar-refractivity contribution in [3.63, 3.8) is 0 Å². The zero-order chi connectivity index (χ0) is 13.6. The van der Waals surface area contributed by atoms with Gasteiger partial charge in [-0.1, -0.05) is 0 Å². The van der Waals surface area contributed by atoms with Crippen LogP contribution in [0.1, 0.15) is 24.6 Å². The molecule has 7 heteroatoms. The second-order valence-corrected chi connectivity index (χ2v) is 7.96. The lowest BCUT2D eigenvalue weighted by Crippen LogP contribution is -2.44. The molecule has 1 saturated carbocycles. The zero-order valence-electron chi connectivity index (χ0n) is 11.4. The second kappa shape index (κ2) is 4.57. The first-order valence-corrected chi connectivity index (χ1v) is 8.13. The minimum atomic E-state index is -3.10. The van der Waals surface area contributed by atoms with E-state index in [0.717, 1.165) is 25.1 Å². The van der Waals surface area contributed by atoms with E-state index >= 15 is 0 Å². The Bertz CT molecular complexity index is 562. The van der Waals surface area contributed by atoms with Crippen LogP contribution in [-0.4, -0.2) is 59.6 Å². The Labute approximate surface area is 114 Å². The van der Waals surface area contributed by atoms with Crippen molar-refractivity contribution >= 4 is 10.0 Å². The fraction of sp³-hybridized carbons (Fsp3) is 0.750. The summed E-state index contributed by atoms with van der Waals surface area (Å²) in [5, 5.41) is -0.137. The van der Waals surface area contributed by atoms with Gasteiger partial charge in [0.1, 0.15) is 0 Å². The predicted octanol–water partition coefficient (Wildman–Crippen LogP) is 0.294. The Morgan fingerprint density at radius 3 is 2.79 bits per heavy atom. The highest BCUT2D eigenvalue weighted by Crippen LogP contribution is 2.34. The van der Waals surface area contributed by atoms with Crippen molar-refractivity contribution < 1.29 is 8.42 Å². The molecule has 1 aliphatic heterocycles. The summed E-state index contributed by atoms with van der Waals surface area (Å²) in [5.74, 6) is 0. The molecule has 0 N–H and O–H groups in total. The van der Waals surface area contributed by atoms with Crippen LogP contribution in [0.2, 0.25) is 0 Å². The summed E-state index contributed by atoms with van der Waals surface area (Å²) >= 11 is 0. The van der Waals surface area contributed by atoms with E-state index in [0.29, 0.717) is 13.1 Å². The Kier molecular flexibility index (Phi) is 3.15. The van der Waals surface area contributed by atoms with Crippen LogP contribution < -0.4 is 0 Å². The highest BCUT2D eigenvalue weighted by Gasteiger charge is 2.42. The Hall–Kier alpha value is -0.920. The summed E-state index contributed by atoms with van der Waals surface area (Å²) in [7, 11) is 0.905. The molecule has 19 heavy (non-hydrogen) atoms. The first-order chi connectivity index (χ1) is 8.98. The van der Waals surface area contributed by atoms with E-state index in [1.165, 1.54) is 0 Å². The summed E-state index contributed by atoms with van der Waals surface area (Å²) in [4.78, 5) is 6.25. The van der Waals surface area contributed by atoms with Crippen molar-refractivity contribution in [2.45, 2.75) is 30.7 Å². The highest BCUT2D eigenvalue weighted by molar-refractivity contribution is 7.90.